The zero-order valence-corrected chi connectivity index (χ0v) is 16.2. The minimum atomic E-state index is -3.51. The Bertz CT molecular complexity index is 694. The van der Waals surface area contributed by atoms with Crippen molar-refractivity contribution < 1.29 is 23.1 Å². The van der Waals surface area contributed by atoms with E-state index in [1.807, 2.05) is 30.3 Å². The third-order valence-electron chi connectivity index (χ3n) is 3.92. The van der Waals surface area contributed by atoms with Crippen LogP contribution in [0.25, 0.3) is 0 Å². The van der Waals surface area contributed by atoms with Gasteiger partial charge in [0.15, 0.2) is 0 Å². The van der Waals surface area contributed by atoms with E-state index >= 15 is 0 Å². The maximum absolute atomic E-state index is 12.7. The average molecular weight is 385 g/mol. The molecule has 0 radical (unpaired) electrons. The predicted octanol–water partition coefficient (Wildman–Crippen LogP) is -0.206. The summed E-state index contributed by atoms with van der Waals surface area (Å²) in [5, 5.41) is 11.5. The number of hydrogen-bond donors (Lipinski definition) is 2. The van der Waals surface area contributed by atoms with Gasteiger partial charge in [-0.2, -0.15) is 4.31 Å². The summed E-state index contributed by atoms with van der Waals surface area (Å²) in [7, 11) is -2.19. The molecule has 1 atom stereocenters. The third-order valence-corrected chi connectivity index (χ3v) is 5.18. The fraction of sp³-hybridized carbons (Fsp3) is 0.529. The standard InChI is InChI=1S/C17H27N3O5S/c1-14(17(23)18-10-7-11-21)20(12-15-8-5-4-6-9-15)16(22)13-19(2)26(3,24)25/h4-6,8-9,14,21H,7,10-13H2,1-3H3,(H,18,23). The summed E-state index contributed by atoms with van der Waals surface area (Å²) >= 11 is 0. The normalized spacial score (nSPS) is 12.7. The van der Waals surface area contributed by atoms with Crippen LogP contribution in [-0.2, 0) is 26.2 Å². The number of carbonyl (C=O) groups excluding carboxylic acids is 2. The lowest BCUT2D eigenvalue weighted by Gasteiger charge is -2.30. The number of sulfonamides is 1. The van der Waals surface area contributed by atoms with Gasteiger partial charge in [0, 0.05) is 26.7 Å². The highest BCUT2D eigenvalue weighted by Gasteiger charge is 2.28. The van der Waals surface area contributed by atoms with E-state index < -0.39 is 22.0 Å². The summed E-state index contributed by atoms with van der Waals surface area (Å²) in [5.74, 6) is -0.823. The lowest BCUT2D eigenvalue weighted by atomic mass is 10.1. The number of aliphatic hydroxyl groups excluding tert-OH is 1. The zero-order chi connectivity index (χ0) is 19.7. The number of aliphatic hydroxyl groups is 1. The van der Waals surface area contributed by atoms with Crippen molar-refractivity contribution in [2.75, 3.05) is 33.0 Å². The number of nitrogens with one attached hydrogen (secondary N) is 1. The summed E-state index contributed by atoms with van der Waals surface area (Å²) in [6.07, 6.45) is 1.44. The number of carbonyl (C=O) groups is 2. The van der Waals surface area contributed by atoms with Crippen molar-refractivity contribution in [3.05, 3.63) is 35.9 Å². The van der Waals surface area contributed by atoms with E-state index in [-0.39, 0.29) is 25.6 Å². The molecule has 146 valence electrons. The molecule has 1 aromatic rings. The Balaban J connectivity index is 2.93. The highest BCUT2D eigenvalue weighted by Crippen LogP contribution is 2.10. The van der Waals surface area contributed by atoms with Crippen molar-refractivity contribution in [2.45, 2.75) is 25.9 Å². The molecule has 9 heteroatoms. The van der Waals surface area contributed by atoms with Gasteiger partial charge in [0.05, 0.1) is 12.8 Å². The van der Waals surface area contributed by atoms with Crippen LogP contribution in [-0.4, -0.2) is 73.6 Å². The molecule has 0 heterocycles. The first-order valence-electron chi connectivity index (χ1n) is 8.30. The van der Waals surface area contributed by atoms with Gasteiger partial charge in [0.25, 0.3) is 0 Å². The van der Waals surface area contributed by atoms with Gasteiger partial charge in [-0.25, -0.2) is 8.42 Å². The number of benzene rings is 1. The molecule has 0 aliphatic carbocycles. The van der Waals surface area contributed by atoms with Crippen molar-refractivity contribution in [3.8, 4) is 0 Å². The van der Waals surface area contributed by atoms with Crippen LogP contribution in [0.2, 0.25) is 0 Å². The second-order valence-corrected chi connectivity index (χ2v) is 8.16. The molecule has 0 saturated heterocycles. The van der Waals surface area contributed by atoms with Crippen LogP contribution in [0.1, 0.15) is 18.9 Å². The largest absolute Gasteiger partial charge is 0.396 e. The average Bonchev–Trinajstić information content (AvgIpc) is 2.59. The molecule has 2 N–H and O–H groups in total. The monoisotopic (exact) mass is 385 g/mol. The fourth-order valence-corrected chi connectivity index (χ4v) is 2.54. The van der Waals surface area contributed by atoms with E-state index in [1.54, 1.807) is 6.92 Å². The van der Waals surface area contributed by atoms with E-state index in [4.69, 9.17) is 5.11 Å². The highest BCUT2D eigenvalue weighted by atomic mass is 32.2. The van der Waals surface area contributed by atoms with Crippen LogP contribution in [0.4, 0.5) is 0 Å². The Morgan fingerprint density at radius 3 is 2.38 bits per heavy atom. The summed E-state index contributed by atoms with van der Waals surface area (Å²) < 4.78 is 24.1. The van der Waals surface area contributed by atoms with E-state index in [0.29, 0.717) is 13.0 Å². The van der Waals surface area contributed by atoms with E-state index in [0.717, 1.165) is 16.1 Å². The van der Waals surface area contributed by atoms with E-state index in [1.165, 1.54) is 11.9 Å². The van der Waals surface area contributed by atoms with Gasteiger partial charge in [0.2, 0.25) is 21.8 Å². The molecular weight excluding hydrogens is 358 g/mol. The van der Waals surface area contributed by atoms with Gasteiger partial charge in [-0.05, 0) is 18.9 Å². The van der Waals surface area contributed by atoms with Crippen LogP contribution in [0.3, 0.4) is 0 Å². The van der Waals surface area contributed by atoms with Crippen molar-refractivity contribution in [2.24, 2.45) is 0 Å². The molecule has 0 bridgehead atoms. The number of likely N-dealkylation sites (N-methyl/N-ethyl adjacent to an activating group) is 1. The predicted molar refractivity (Wildman–Crippen MR) is 98.6 cm³/mol. The molecule has 0 aliphatic heterocycles. The van der Waals surface area contributed by atoms with Gasteiger partial charge in [-0.3, -0.25) is 9.59 Å². The first kappa shape index (κ1) is 22.1. The minimum Gasteiger partial charge on any atom is -0.396 e. The SMILES string of the molecule is CC(C(=O)NCCCO)N(Cc1ccccc1)C(=O)CN(C)S(C)(=O)=O. The first-order chi connectivity index (χ1) is 12.2. The van der Waals surface area contributed by atoms with Gasteiger partial charge < -0.3 is 15.3 Å². The van der Waals surface area contributed by atoms with Gasteiger partial charge in [-0.15, -0.1) is 0 Å². The maximum atomic E-state index is 12.7. The smallest absolute Gasteiger partial charge is 0.242 e. The van der Waals surface area contributed by atoms with Crippen molar-refractivity contribution in [1.82, 2.24) is 14.5 Å². The molecule has 0 fully saturated rings. The van der Waals surface area contributed by atoms with Gasteiger partial charge in [-0.1, -0.05) is 30.3 Å². The second kappa shape index (κ2) is 10.2. The lowest BCUT2D eigenvalue weighted by molar-refractivity contribution is -0.140. The van der Waals surface area contributed by atoms with Crippen molar-refractivity contribution in [1.29, 1.82) is 0 Å². The fourth-order valence-electron chi connectivity index (χ4n) is 2.20. The zero-order valence-electron chi connectivity index (χ0n) is 15.4. The van der Waals surface area contributed by atoms with Crippen LogP contribution in [0.5, 0.6) is 0 Å². The molecule has 1 rings (SSSR count). The molecule has 1 unspecified atom stereocenters. The minimum absolute atomic E-state index is 0.0412. The van der Waals surface area contributed by atoms with Gasteiger partial charge in [0.1, 0.15) is 6.04 Å². The number of hydrogen-bond acceptors (Lipinski definition) is 5. The molecule has 2 amide bonds. The van der Waals surface area contributed by atoms with Gasteiger partial charge >= 0.3 is 0 Å². The summed E-state index contributed by atoms with van der Waals surface area (Å²) in [4.78, 5) is 26.4. The number of rotatable bonds is 10. The Morgan fingerprint density at radius 1 is 1.23 bits per heavy atom. The highest BCUT2D eigenvalue weighted by molar-refractivity contribution is 7.88. The molecule has 0 spiro atoms. The van der Waals surface area contributed by atoms with Crippen molar-refractivity contribution in [3.63, 3.8) is 0 Å². The summed E-state index contributed by atoms with van der Waals surface area (Å²) in [6.45, 7) is 1.69. The Morgan fingerprint density at radius 2 is 1.85 bits per heavy atom. The molecule has 8 nitrogen and oxygen atoms in total. The second-order valence-electron chi connectivity index (χ2n) is 6.07. The molecular formula is C17H27N3O5S. The molecule has 0 saturated carbocycles. The third kappa shape index (κ3) is 7.11. The first-order valence-corrected chi connectivity index (χ1v) is 10.1. The number of nitrogens with zero attached hydrogens (tertiary/aromatic N) is 2. The van der Waals surface area contributed by atoms with E-state index in [2.05, 4.69) is 5.32 Å². The Labute approximate surface area is 154 Å². The van der Waals surface area contributed by atoms with Crippen LogP contribution >= 0.6 is 0 Å². The van der Waals surface area contributed by atoms with Crippen molar-refractivity contribution >= 4 is 21.8 Å². The van der Waals surface area contributed by atoms with E-state index in [9.17, 15) is 18.0 Å². The Kier molecular flexibility index (Phi) is 8.70. The molecule has 26 heavy (non-hydrogen) atoms. The molecule has 0 aromatic heterocycles. The van der Waals surface area contributed by atoms with Crippen LogP contribution < -0.4 is 5.32 Å². The number of amides is 2. The summed E-state index contributed by atoms with van der Waals surface area (Å²) in [5.41, 5.74) is 0.831. The maximum Gasteiger partial charge on any atom is 0.242 e. The Hall–Kier alpha value is -1.97. The summed E-state index contributed by atoms with van der Waals surface area (Å²) in [6, 6.07) is 8.37. The van der Waals surface area contributed by atoms with Crippen LogP contribution in [0, 0.1) is 0 Å². The lowest BCUT2D eigenvalue weighted by Crippen LogP contribution is -2.50. The topological polar surface area (TPSA) is 107 Å². The molecule has 1 aromatic carbocycles. The quantitative estimate of drug-likeness (QED) is 0.542. The molecule has 0 aliphatic rings. The van der Waals surface area contributed by atoms with Crippen LogP contribution in [0.15, 0.2) is 30.3 Å².